The highest BCUT2D eigenvalue weighted by Gasteiger charge is 2.18. The van der Waals surface area contributed by atoms with Gasteiger partial charge in [-0.3, -0.25) is 0 Å². The zero-order valence-electron chi connectivity index (χ0n) is 13.3. The van der Waals surface area contributed by atoms with Gasteiger partial charge in [0.25, 0.3) is 0 Å². The van der Waals surface area contributed by atoms with E-state index < -0.39 is 10.0 Å². The highest BCUT2D eigenvalue weighted by molar-refractivity contribution is 7.89. The number of nitrogens with one attached hydrogen (secondary N) is 1. The Morgan fingerprint density at radius 2 is 1.83 bits per heavy atom. The van der Waals surface area contributed by atoms with E-state index in [4.69, 9.17) is 9.84 Å². The van der Waals surface area contributed by atoms with Crippen LogP contribution in [0.3, 0.4) is 0 Å². The van der Waals surface area contributed by atoms with Gasteiger partial charge in [-0.15, -0.1) is 0 Å². The minimum absolute atomic E-state index is 0.00801. The number of sulfonamides is 1. The van der Waals surface area contributed by atoms with Crippen molar-refractivity contribution in [2.75, 3.05) is 19.8 Å². The molecule has 0 heterocycles. The Hall–Kier alpha value is -1.63. The quantitative estimate of drug-likeness (QED) is 0.690. The zero-order valence-corrected chi connectivity index (χ0v) is 14.1. The summed E-state index contributed by atoms with van der Waals surface area (Å²) < 4.78 is 32.9. The van der Waals surface area contributed by atoms with Crippen LogP contribution < -0.4 is 9.46 Å². The molecule has 0 spiro atoms. The van der Waals surface area contributed by atoms with Crippen LogP contribution in [-0.2, 0) is 10.0 Å². The molecule has 2 aromatic carbocycles. The molecule has 2 aromatic rings. The molecule has 0 bridgehead atoms. The first-order valence-corrected chi connectivity index (χ1v) is 9.33. The van der Waals surface area contributed by atoms with Gasteiger partial charge in [0.1, 0.15) is 5.75 Å². The first-order valence-electron chi connectivity index (χ1n) is 7.85. The molecule has 0 amide bonds. The Labute approximate surface area is 137 Å². The second-order valence-corrected chi connectivity index (χ2v) is 7.02. The van der Waals surface area contributed by atoms with Gasteiger partial charge >= 0.3 is 0 Å². The maximum absolute atomic E-state index is 12.4. The Morgan fingerprint density at radius 3 is 2.52 bits per heavy atom. The van der Waals surface area contributed by atoms with Crippen molar-refractivity contribution in [3.8, 4) is 5.75 Å². The number of aliphatic hydroxyl groups is 1. The molecular formula is C17H23NO4S. The summed E-state index contributed by atoms with van der Waals surface area (Å²) in [6, 6.07) is 10.5. The zero-order chi connectivity index (χ0) is 16.7. The minimum Gasteiger partial charge on any atom is -0.493 e. The van der Waals surface area contributed by atoms with Crippen LogP contribution in [0.25, 0.3) is 10.8 Å². The van der Waals surface area contributed by atoms with E-state index in [1.54, 1.807) is 24.3 Å². The van der Waals surface area contributed by atoms with Crippen molar-refractivity contribution in [2.24, 2.45) is 0 Å². The van der Waals surface area contributed by atoms with E-state index in [-0.39, 0.29) is 18.0 Å². The Balaban J connectivity index is 2.35. The summed E-state index contributed by atoms with van der Waals surface area (Å²) in [5, 5.41) is 10.2. The topological polar surface area (TPSA) is 75.6 Å². The van der Waals surface area contributed by atoms with E-state index in [1.165, 1.54) is 0 Å². The average molecular weight is 337 g/mol. The number of unbranched alkanes of at least 4 members (excludes halogenated alkanes) is 2. The third kappa shape index (κ3) is 4.43. The number of fused-ring (bicyclic) bond motifs is 1. The number of ether oxygens (including phenoxy) is 1. The molecule has 23 heavy (non-hydrogen) atoms. The summed E-state index contributed by atoms with van der Waals surface area (Å²) in [6.45, 7) is 2.50. The Morgan fingerprint density at radius 1 is 1.09 bits per heavy atom. The fourth-order valence-corrected chi connectivity index (χ4v) is 3.63. The van der Waals surface area contributed by atoms with Crippen LogP contribution in [0.1, 0.15) is 26.2 Å². The van der Waals surface area contributed by atoms with Gasteiger partial charge in [0.2, 0.25) is 10.0 Å². The molecule has 0 saturated heterocycles. The lowest BCUT2D eigenvalue weighted by molar-refractivity contribution is 0.301. The summed E-state index contributed by atoms with van der Waals surface area (Å²) in [5.41, 5.74) is 0. The van der Waals surface area contributed by atoms with E-state index >= 15 is 0 Å². The van der Waals surface area contributed by atoms with Crippen LogP contribution in [0.15, 0.2) is 41.3 Å². The summed E-state index contributed by atoms with van der Waals surface area (Å²) in [5.74, 6) is 0.692. The van der Waals surface area contributed by atoms with E-state index in [2.05, 4.69) is 11.6 Å². The summed E-state index contributed by atoms with van der Waals surface area (Å²) in [6.07, 6.45) is 3.20. The molecule has 0 saturated carbocycles. The second kappa shape index (κ2) is 8.29. The van der Waals surface area contributed by atoms with Gasteiger partial charge < -0.3 is 9.84 Å². The molecule has 0 aromatic heterocycles. The van der Waals surface area contributed by atoms with Crippen molar-refractivity contribution in [1.82, 2.24) is 4.72 Å². The van der Waals surface area contributed by atoms with Crippen LogP contribution in [0.4, 0.5) is 0 Å². The molecule has 0 aliphatic carbocycles. The van der Waals surface area contributed by atoms with Crippen LogP contribution in [0, 0.1) is 0 Å². The third-order valence-electron chi connectivity index (χ3n) is 3.54. The van der Waals surface area contributed by atoms with Crippen LogP contribution in [0.5, 0.6) is 5.75 Å². The molecule has 0 unspecified atom stereocenters. The Kier molecular flexibility index (Phi) is 6.38. The first-order chi connectivity index (χ1) is 11.1. The number of aliphatic hydroxyl groups excluding tert-OH is 1. The number of benzene rings is 2. The first kappa shape index (κ1) is 17.7. The molecule has 5 nitrogen and oxygen atoms in total. The summed E-state index contributed by atoms with van der Waals surface area (Å²) >= 11 is 0. The van der Waals surface area contributed by atoms with Gasteiger partial charge in [-0.05, 0) is 18.6 Å². The highest BCUT2D eigenvalue weighted by Crippen LogP contribution is 2.31. The SMILES string of the molecule is CCCCCOc1ccc(S(=O)(=O)NCCO)c2ccccc12. The Bertz CT molecular complexity index is 743. The van der Waals surface area contributed by atoms with E-state index in [9.17, 15) is 8.42 Å². The van der Waals surface area contributed by atoms with Crippen molar-refractivity contribution >= 4 is 20.8 Å². The van der Waals surface area contributed by atoms with Crippen molar-refractivity contribution in [3.05, 3.63) is 36.4 Å². The predicted octanol–water partition coefficient (Wildman–Crippen LogP) is 2.68. The van der Waals surface area contributed by atoms with Gasteiger partial charge in [-0.25, -0.2) is 13.1 Å². The number of hydrogen-bond donors (Lipinski definition) is 2. The van der Waals surface area contributed by atoms with Gasteiger partial charge in [0.15, 0.2) is 0 Å². The van der Waals surface area contributed by atoms with Crippen molar-refractivity contribution in [3.63, 3.8) is 0 Å². The lowest BCUT2D eigenvalue weighted by Gasteiger charge is -2.13. The summed E-state index contributed by atoms with van der Waals surface area (Å²) in [4.78, 5) is 0.197. The van der Waals surface area contributed by atoms with Gasteiger partial charge in [-0.1, -0.05) is 44.0 Å². The van der Waals surface area contributed by atoms with Crippen LogP contribution in [-0.4, -0.2) is 33.3 Å². The highest BCUT2D eigenvalue weighted by atomic mass is 32.2. The fraction of sp³-hybridized carbons (Fsp3) is 0.412. The predicted molar refractivity (Wildman–Crippen MR) is 91.2 cm³/mol. The molecule has 126 valence electrons. The number of rotatable bonds is 9. The van der Waals surface area contributed by atoms with Gasteiger partial charge in [0, 0.05) is 17.3 Å². The smallest absolute Gasteiger partial charge is 0.241 e. The molecule has 0 fully saturated rings. The number of hydrogen-bond acceptors (Lipinski definition) is 4. The second-order valence-electron chi connectivity index (χ2n) is 5.28. The van der Waals surface area contributed by atoms with Crippen LogP contribution >= 0.6 is 0 Å². The normalized spacial score (nSPS) is 11.7. The fourth-order valence-electron chi connectivity index (χ4n) is 2.40. The molecule has 0 atom stereocenters. The van der Waals surface area contributed by atoms with E-state index in [0.717, 1.165) is 24.6 Å². The molecule has 0 aliphatic rings. The standard InChI is InChI=1S/C17H23NO4S/c1-2-3-6-13-22-16-9-10-17(23(20,21)18-11-12-19)15-8-5-4-7-14(15)16/h4-5,7-10,18-19H,2-3,6,11-13H2,1H3. The van der Waals surface area contributed by atoms with Crippen molar-refractivity contribution in [1.29, 1.82) is 0 Å². The molecule has 2 rings (SSSR count). The maximum Gasteiger partial charge on any atom is 0.241 e. The minimum atomic E-state index is -3.66. The molecule has 0 radical (unpaired) electrons. The molecule has 0 aliphatic heterocycles. The third-order valence-corrected chi connectivity index (χ3v) is 5.06. The average Bonchev–Trinajstić information content (AvgIpc) is 2.56. The van der Waals surface area contributed by atoms with Crippen molar-refractivity contribution in [2.45, 2.75) is 31.1 Å². The van der Waals surface area contributed by atoms with Gasteiger partial charge in [0.05, 0.1) is 18.1 Å². The molecular weight excluding hydrogens is 314 g/mol. The largest absolute Gasteiger partial charge is 0.493 e. The lowest BCUT2D eigenvalue weighted by Crippen LogP contribution is -2.26. The summed E-state index contributed by atoms with van der Waals surface area (Å²) in [7, 11) is -3.66. The lowest BCUT2D eigenvalue weighted by atomic mass is 10.1. The van der Waals surface area contributed by atoms with E-state index in [1.807, 2.05) is 12.1 Å². The van der Waals surface area contributed by atoms with Gasteiger partial charge in [-0.2, -0.15) is 0 Å². The van der Waals surface area contributed by atoms with Crippen LogP contribution in [0.2, 0.25) is 0 Å². The molecule has 6 heteroatoms. The van der Waals surface area contributed by atoms with Crippen molar-refractivity contribution < 1.29 is 18.3 Å². The molecule has 2 N–H and O–H groups in total. The monoisotopic (exact) mass is 337 g/mol. The van der Waals surface area contributed by atoms with E-state index in [0.29, 0.717) is 17.7 Å². The maximum atomic E-state index is 12.4.